The van der Waals surface area contributed by atoms with Crippen molar-refractivity contribution in [1.82, 2.24) is 10.6 Å². The molecule has 0 fully saturated rings. The van der Waals surface area contributed by atoms with Gasteiger partial charge in [0.15, 0.2) is 0 Å². The van der Waals surface area contributed by atoms with Crippen molar-refractivity contribution < 1.29 is 13.9 Å². The van der Waals surface area contributed by atoms with E-state index in [1.165, 1.54) is 6.07 Å². The standard InChI is InChI=1S/C14H21FN2O2/c1-19-10-4-8-16-9-7-14(18)17-11-12-5-2-3-6-13(12)15/h2-3,5-6,16H,4,7-11H2,1H3,(H,17,18). The third kappa shape index (κ3) is 6.88. The lowest BCUT2D eigenvalue weighted by Gasteiger charge is -2.07. The molecule has 0 spiro atoms. The van der Waals surface area contributed by atoms with Crippen LogP contribution in [0.25, 0.3) is 0 Å². The number of benzene rings is 1. The van der Waals surface area contributed by atoms with Crippen molar-refractivity contribution in [3.8, 4) is 0 Å². The van der Waals surface area contributed by atoms with Gasteiger partial charge < -0.3 is 15.4 Å². The van der Waals surface area contributed by atoms with Gasteiger partial charge in [-0.25, -0.2) is 4.39 Å². The van der Waals surface area contributed by atoms with Crippen LogP contribution in [0.3, 0.4) is 0 Å². The maximum atomic E-state index is 13.3. The molecule has 0 aliphatic heterocycles. The summed E-state index contributed by atoms with van der Waals surface area (Å²) >= 11 is 0. The highest BCUT2D eigenvalue weighted by Gasteiger charge is 2.03. The Bertz CT molecular complexity index is 385. The van der Waals surface area contributed by atoms with Crippen LogP contribution >= 0.6 is 0 Å². The number of carbonyl (C=O) groups is 1. The summed E-state index contributed by atoms with van der Waals surface area (Å²) in [6.07, 6.45) is 1.31. The molecule has 1 aromatic rings. The molecule has 0 aliphatic rings. The molecule has 2 N–H and O–H groups in total. The lowest BCUT2D eigenvalue weighted by Crippen LogP contribution is -2.28. The van der Waals surface area contributed by atoms with Crippen molar-refractivity contribution in [2.45, 2.75) is 19.4 Å². The highest BCUT2D eigenvalue weighted by molar-refractivity contribution is 5.76. The van der Waals surface area contributed by atoms with Crippen molar-refractivity contribution in [1.29, 1.82) is 0 Å². The van der Waals surface area contributed by atoms with E-state index in [2.05, 4.69) is 10.6 Å². The van der Waals surface area contributed by atoms with Crippen LogP contribution in [0, 0.1) is 5.82 Å². The molecule has 4 nitrogen and oxygen atoms in total. The van der Waals surface area contributed by atoms with Crippen LogP contribution in [0.15, 0.2) is 24.3 Å². The monoisotopic (exact) mass is 268 g/mol. The number of methoxy groups -OCH3 is 1. The molecule has 0 saturated carbocycles. The van der Waals surface area contributed by atoms with E-state index in [1.807, 2.05) is 0 Å². The highest BCUT2D eigenvalue weighted by Crippen LogP contribution is 2.05. The first-order chi connectivity index (χ1) is 9.24. The zero-order chi connectivity index (χ0) is 13.9. The minimum atomic E-state index is -0.291. The maximum Gasteiger partial charge on any atom is 0.221 e. The van der Waals surface area contributed by atoms with Gasteiger partial charge in [0.1, 0.15) is 5.82 Å². The molecule has 1 aromatic carbocycles. The number of carbonyl (C=O) groups excluding carboxylic acids is 1. The third-order valence-corrected chi connectivity index (χ3v) is 2.66. The van der Waals surface area contributed by atoms with Gasteiger partial charge in [0.25, 0.3) is 0 Å². The number of nitrogens with one attached hydrogen (secondary N) is 2. The summed E-state index contributed by atoms with van der Waals surface area (Å²) < 4.78 is 18.2. The molecule has 0 atom stereocenters. The Morgan fingerprint density at radius 2 is 2.11 bits per heavy atom. The topological polar surface area (TPSA) is 50.4 Å². The fourth-order valence-corrected chi connectivity index (χ4v) is 1.59. The Labute approximate surface area is 113 Å². The van der Waals surface area contributed by atoms with E-state index < -0.39 is 0 Å². The fraction of sp³-hybridized carbons (Fsp3) is 0.500. The first-order valence-electron chi connectivity index (χ1n) is 6.44. The Morgan fingerprint density at radius 3 is 2.84 bits per heavy atom. The van der Waals surface area contributed by atoms with Gasteiger partial charge in [0.05, 0.1) is 0 Å². The molecular formula is C14H21FN2O2. The lowest BCUT2D eigenvalue weighted by molar-refractivity contribution is -0.121. The molecule has 0 bridgehead atoms. The van der Waals surface area contributed by atoms with Gasteiger partial charge in [-0.05, 0) is 19.0 Å². The van der Waals surface area contributed by atoms with E-state index in [0.717, 1.165) is 13.0 Å². The van der Waals surface area contributed by atoms with Gasteiger partial charge in [-0.3, -0.25) is 4.79 Å². The number of ether oxygens (including phenoxy) is 1. The van der Waals surface area contributed by atoms with Crippen LogP contribution < -0.4 is 10.6 Å². The Balaban J connectivity index is 2.10. The Hall–Kier alpha value is -1.46. The molecule has 5 heteroatoms. The molecular weight excluding hydrogens is 247 g/mol. The number of rotatable bonds is 9. The van der Waals surface area contributed by atoms with Crippen molar-refractivity contribution in [3.05, 3.63) is 35.6 Å². The molecule has 106 valence electrons. The average Bonchev–Trinajstić information content (AvgIpc) is 2.42. The summed E-state index contributed by atoms with van der Waals surface area (Å²) in [7, 11) is 1.66. The summed E-state index contributed by atoms with van der Waals surface area (Å²) in [4.78, 5) is 11.5. The van der Waals surface area contributed by atoms with Crippen molar-refractivity contribution in [3.63, 3.8) is 0 Å². The summed E-state index contributed by atoms with van der Waals surface area (Å²) in [6.45, 7) is 2.39. The van der Waals surface area contributed by atoms with Crippen LogP contribution in [0.4, 0.5) is 4.39 Å². The number of amides is 1. The molecule has 0 radical (unpaired) electrons. The van der Waals surface area contributed by atoms with Gasteiger partial charge in [-0.15, -0.1) is 0 Å². The van der Waals surface area contributed by atoms with E-state index in [-0.39, 0.29) is 18.3 Å². The zero-order valence-electron chi connectivity index (χ0n) is 11.2. The SMILES string of the molecule is COCCCNCCC(=O)NCc1ccccc1F. The van der Waals surface area contributed by atoms with Gasteiger partial charge in [0, 0.05) is 38.8 Å². The zero-order valence-corrected chi connectivity index (χ0v) is 11.2. The van der Waals surface area contributed by atoms with Gasteiger partial charge in [-0.2, -0.15) is 0 Å². The summed E-state index contributed by atoms with van der Waals surface area (Å²) in [5.41, 5.74) is 0.504. The molecule has 0 aromatic heterocycles. The summed E-state index contributed by atoms with van der Waals surface area (Å²) in [5, 5.41) is 5.84. The van der Waals surface area contributed by atoms with Crippen molar-refractivity contribution in [2.75, 3.05) is 26.8 Å². The number of hydrogen-bond acceptors (Lipinski definition) is 3. The smallest absolute Gasteiger partial charge is 0.221 e. The predicted molar refractivity (Wildman–Crippen MR) is 72.2 cm³/mol. The van der Waals surface area contributed by atoms with Crippen LogP contribution in [0.5, 0.6) is 0 Å². The van der Waals surface area contributed by atoms with E-state index in [4.69, 9.17) is 4.74 Å². The first-order valence-corrected chi connectivity index (χ1v) is 6.44. The van der Waals surface area contributed by atoms with Gasteiger partial charge >= 0.3 is 0 Å². The second kappa shape index (κ2) is 9.47. The van der Waals surface area contributed by atoms with E-state index >= 15 is 0 Å². The highest BCUT2D eigenvalue weighted by atomic mass is 19.1. The summed E-state index contributed by atoms with van der Waals surface area (Å²) in [6, 6.07) is 6.43. The maximum absolute atomic E-state index is 13.3. The van der Waals surface area contributed by atoms with Crippen molar-refractivity contribution >= 4 is 5.91 Å². The molecule has 0 saturated heterocycles. The van der Waals surface area contributed by atoms with Crippen LogP contribution in [-0.2, 0) is 16.1 Å². The number of halogens is 1. The summed E-state index contributed by atoms with van der Waals surface area (Å²) in [5.74, 6) is -0.372. The molecule has 19 heavy (non-hydrogen) atoms. The lowest BCUT2D eigenvalue weighted by atomic mass is 10.2. The van der Waals surface area contributed by atoms with Crippen LogP contribution in [0.1, 0.15) is 18.4 Å². The molecule has 1 amide bonds. The number of hydrogen-bond donors (Lipinski definition) is 2. The van der Waals surface area contributed by atoms with Crippen LogP contribution in [0.2, 0.25) is 0 Å². The predicted octanol–water partition coefficient (Wildman–Crippen LogP) is 1.46. The average molecular weight is 268 g/mol. The minimum absolute atomic E-state index is 0.0810. The van der Waals surface area contributed by atoms with Gasteiger partial charge in [-0.1, -0.05) is 18.2 Å². The van der Waals surface area contributed by atoms with E-state index in [1.54, 1.807) is 25.3 Å². The minimum Gasteiger partial charge on any atom is -0.385 e. The van der Waals surface area contributed by atoms with E-state index in [0.29, 0.717) is 25.1 Å². The molecule has 0 unspecified atom stereocenters. The molecule has 1 rings (SSSR count). The van der Waals surface area contributed by atoms with Gasteiger partial charge in [0.2, 0.25) is 5.91 Å². The van der Waals surface area contributed by atoms with E-state index in [9.17, 15) is 9.18 Å². The third-order valence-electron chi connectivity index (χ3n) is 2.66. The normalized spacial score (nSPS) is 10.4. The Morgan fingerprint density at radius 1 is 1.32 bits per heavy atom. The molecule has 0 heterocycles. The molecule has 0 aliphatic carbocycles. The largest absolute Gasteiger partial charge is 0.385 e. The fourth-order valence-electron chi connectivity index (χ4n) is 1.59. The second-order valence-corrected chi connectivity index (χ2v) is 4.21. The first kappa shape index (κ1) is 15.6. The quantitative estimate of drug-likeness (QED) is 0.667. The second-order valence-electron chi connectivity index (χ2n) is 4.21. The Kier molecular flexibility index (Phi) is 7.77. The van der Waals surface area contributed by atoms with Crippen LogP contribution in [-0.4, -0.2) is 32.7 Å². The van der Waals surface area contributed by atoms with Crippen molar-refractivity contribution in [2.24, 2.45) is 0 Å².